The maximum atomic E-state index is 13.2. The summed E-state index contributed by atoms with van der Waals surface area (Å²) in [4.78, 5) is 15.2. The van der Waals surface area contributed by atoms with Gasteiger partial charge in [0.1, 0.15) is 17.9 Å². The van der Waals surface area contributed by atoms with Gasteiger partial charge in [-0.05, 0) is 58.2 Å². The van der Waals surface area contributed by atoms with Gasteiger partial charge in [0, 0.05) is 30.7 Å². The van der Waals surface area contributed by atoms with Crippen molar-refractivity contribution in [3.05, 3.63) is 42.7 Å². The minimum atomic E-state index is -0.656. The highest BCUT2D eigenvalue weighted by Crippen LogP contribution is 2.29. The summed E-state index contributed by atoms with van der Waals surface area (Å²) in [7, 11) is 4.02. The number of piperidine rings is 1. The summed E-state index contributed by atoms with van der Waals surface area (Å²) in [5.41, 5.74) is 0.0821. The summed E-state index contributed by atoms with van der Waals surface area (Å²) >= 11 is 0. The summed E-state index contributed by atoms with van der Waals surface area (Å²) in [6.07, 6.45) is 5.00. The van der Waals surface area contributed by atoms with Gasteiger partial charge in [-0.3, -0.25) is 9.48 Å². The fraction of sp³-hybridized carbons (Fsp3) is 0.474. The second kappa shape index (κ2) is 11.3. The van der Waals surface area contributed by atoms with Crippen molar-refractivity contribution < 1.29 is 9.53 Å². The summed E-state index contributed by atoms with van der Waals surface area (Å²) in [6, 6.07) is 9.40. The van der Waals surface area contributed by atoms with Gasteiger partial charge in [0.15, 0.2) is 0 Å². The van der Waals surface area contributed by atoms with Gasteiger partial charge in [-0.1, -0.05) is 6.07 Å². The Balaban J connectivity index is 0.00000196. The van der Waals surface area contributed by atoms with E-state index < -0.39 is 5.54 Å². The van der Waals surface area contributed by atoms with Crippen LogP contribution in [0.5, 0.6) is 5.75 Å². The molecule has 1 aliphatic rings. The summed E-state index contributed by atoms with van der Waals surface area (Å²) in [5, 5.41) is 10.7. The molecule has 0 aliphatic carbocycles. The van der Waals surface area contributed by atoms with Crippen molar-refractivity contribution in [3.63, 3.8) is 0 Å². The van der Waals surface area contributed by atoms with Crippen molar-refractivity contribution in [1.82, 2.24) is 20.0 Å². The molecule has 0 bridgehead atoms. The number of carbonyl (C=O) groups is 1. The number of ether oxygens (including phenoxy) is 1. The zero-order chi connectivity index (χ0) is 18.4. The third-order valence-electron chi connectivity index (χ3n) is 4.70. The average molecular weight is 430 g/mol. The minimum Gasteiger partial charge on any atom is -0.492 e. The van der Waals surface area contributed by atoms with Crippen LogP contribution in [0.3, 0.4) is 0 Å². The number of nitrogens with zero attached hydrogens (tertiary/aromatic N) is 3. The molecule has 2 aromatic rings. The SMILES string of the molecule is CN(C)CCOc1cccc(NC(=O)C2(n3cccn3)CCNCC2)c1.Cl.Cl. The molecule has 1 aliphatic heterocycles. The van der Waals surface area contributed by atoms with Gasteiger partial charge >= 0.3 is 0 Å². The van der Waals surface area contributed by atoms with Gasteiger partial charge in [0.05, 0.1) is 0 Å². The molecule has 0 saturated carbocycles. The third-order valence-corrected chi connectivity index (χ3v) is 4.70. The molecule has 1 fully saturated rings. The molecule has 0 unspecified atom stereocenters. The number of rotatable bonds is 7. The first-order chi connectivity index (χ1) is 12.6. The van der Waals surface area contributed by atoms with E-state index in [9.17, 15) is 4.79 Å². The number of nitrogens with one attached hydrogen (secondary N) is 2. The molecule has 7 nitrogen and oxygen atoms in total. The first-order valence-corrected chi connectivity index (χ1v) is 9.00. The van der Waals surface area contributed by atoms with Crippen molar-refractivity contribution in [2.45, 2.75) is 18.4 Å². The largest absolute Gasteiger partial charge is 0.492 e. The fourth-order valence-electron chi connectivity index (χ4n) is 3.18. The van der Waals surface area contributed by atoms with Gasteiger partial charge in [0.25, 0.3) is 5.91 Å². The van der Waals surface area contributed by atoms with E-state index in [2.05, 4.69) is 20.6 Å². The zero-order valence-electron chi connectivity index (χ0n) is 16.3. The Hall–Kier alpha value is -1.80. The Bertz CT molecular complexity index is 719. The summed E-state index contributed by atoms with van der Waals surface area (Å²) < 4.78 is 7.55. The number of anilines is 1. The molecule has 1 saturated heterocycles. The fourth-order valence-corrected chi connectivity index (χ4v) is 3.18. The Kier molecular flexibility index (Phi) is 9.75. The number of aromatic nitrogens is 2. The molecule has 3 rings (SSSR count). The molecule has 1 amide bonds. The van der Waals surface area contributed by atoms with E-state index in [1.165, 1.54) is 0 Å². The lowest BCUT2D eigenvalue weighted by molar-refractivity contribution is -0.126. The predicted molar refractivity (Wildman–Crippen MR) is 116 cm³/mol. The summed E-state index contributed by atoms with van der Waals surface area (Å²) in [5.74, 6) is 0.719. The van der Waals surface area contributed by atoms with Crippen LogP contribution >= 0.6 is 24.8 Å². The number of benzene rings is 1. The monoisotopic (exact) mass is 429 g/mol. The number of carbonyl (C=O) groups excluding carboxylic acids is 1. The van der Waals surface area contributed by atoms with Crippen molar-refractivity contribution in [2.24, 2.45) is 0 Å². The van der Waals surface area contributed by atoms with Gasteiger partial charge in [0.2, 0.25) is 0 Å². The van der Waals surface area contributed by atoms with E-state index in [1.54, 1.807) is 10.9 Å². The number of hydrogen-bond donors (Lipinski definition) is 2. The van der Waals surface area contributed by atoms with E-state index in [0.717, 1.165) is 31.1 Å². The summed E-state index contributed by atoms with van der Waals surface area (Å²) in [6.45, 7) is 3.03. The molecule has 0 spiro atoms. The van der Waals surface area contributed by atoms with Crippen LogP contribution in [0.2, 0.25) is 0 Å². The van der Waals surface area contributed by atoms with Crippen molar-refractivity contribution >= 4 is 36.4 Å². The Morgan fingerprint density at radius 1 is 1.29 bits per heavy atom. The molecule has 28 heavy (non-hydrogen) atoms. The molecular weight excluding hydrogens is 401 g/mol. The van der Waals surface area contributed by atoms with Crippen LogP contribution in [-0.2, 0) is 10.3 Å². The van der Waals surface area contributed by atoms with E-state index in [-0.39, 0.29) is 30.7 Å². The van der Waals surface area contributed by atoms with E-state index in [4.69, 9.17) is 4.74 Å². The van der Waals surface area contributed by atoms with Crippen molar-refractivity contribution in [2.75, 3.05) is 45.7 Å². The van der Waals surface area contributed by atoms with Crippen LogP contribution in [0, 0.1) is 0 Å². The first kappa shape index (κ1) is 24.2. The lowest BCUT2D eigenvalue weighted by Gasteiger charge is -2.36. The Morgan fingerprint density at radius 2 is 2.04 bits per heavy atom. The van der Waals surface area contributed by atoms with Crippen molar-refractivity contribution in [3.8, 4) is 5.75 Å². The smallest absolute Gasteiger partial charge is 0.252 e. The highest BCUT2D eigenvalue weighted by atomic mass is 35.5. The van der Waals surface area contributed by atoms with Gasteiger partial charge in [-0.25, -0.2) is 0 Å². The van der Waals surface area contributed by atoms with Crippen LogP contribution < -0.4 is 15.4 Å². The molecule has 1 aromatic carbocycles. The maximum Gasteiger partial charge on any atom is 0.252 e. The van der Waals surface area contributed by atoms with Gasteiger partial charge in [-0.15, -0.1) is 24.8 Å². The first-order valence-electron chi connectivity index (χ1n) is 9.00. The van der Waals surface area contributed by atoms with Crippen LogP contribution in [0.4, 0.5) is 5.69 Å². The highest BCUT2D eigenvalue weighted by molar-refractivity contribution is 5.96. The van der Waals surface area contributed by atoms with E-state index in [1.807, 2.05) is 50.6 Å². The van der Waals surface area contributed by atoms with Crippen LogP contribution in [0.25, 0.3) is 0 Å². The lowest BCUT2D eigenvalue weighted by Crippen LogP contribution is -2.52. The highest BCUT2D eigenvalue weighted by Gasteiger charge is 2.42. The lowest BCUT2D eigenvalue weighted by atomic mass is 9.87. The molecule has 2 heterocycles. The molecule has 156 valence electrons. The van der Waals surface area contributed by atoms with Gasteiger partial charge < -0.3 is 20.3 Å². The van der Waals surface area contributed by atoms with Crippen LogP contribution in [-0.4, -0.2) is 60.9 Å². The normalized spacial score (nSPS) is 15.2. The average Bonchev–Trinajstić information content (AvgIpc) is 3.17. The Morgan fingerprint density at radius 3 is 2.68 bits per heavy atom. The number of likely N-dealkylation sites (N-methyl/N-ethyl adjacent to an activating group) is 1. The Labute approximate surface area is 178 Å². The molecule has 9 heteroatoms. The number of halogens is 2. The molecule has 2 N–H and O–H groups in total. The number of hydrogen-bond acceptors (Lipinski definition) is 5. The quantitative estimate of drug-likeness (QED) is 0.706. The molecule has 0 atom stereocenters. The second-order valence-electron chi connectivity index (χ2n) is 6.87. The second-order valence-corrected chi connectivity index (χ2v) is 6.87. The zero-order valence-corrected chi connectivity index (χ0v) is 17.9. The van der Waals surface area contributed by atoms with Crippen LogP contribution in [0.1, 0.15) is 12.8 Å². The molecule has 1 aromatic heterocycles. The minimum absolute atomic E-state index is 0. The maximum absolute atomic E-state index is 13.2. The standard InChI is InChI=1S/C19H27N5O2.2ClH/c1-23(2)13-14-26-17-6-3-5-16(15-17)22-18(25)19(7-10-20-11-8-19)24-12-4-9-21-24;;/h3-6,9,12,15,20H,7-8,10-11,13-14H2,1-2H3,(H,22,25);2*1H. The van der Waals surface area contributed by atoms with E-state index in [0.29, 0.717) is 19.4 Å². The molecule has 0 radical (unpaired) electrons. The van der Waals surface area contributed by atoms with Gasteiger partial charge in [-0.2, -0.15) is 5.10 Å². The predicted octanol–water partition coefficient (Wildman–Crippen LogP) is 2.38. The van der Waals surface area contributed by atoms with E-state index >= 15 is 0 Å². The van der Waals surface area contributed by atoms with Crippen LogP contribution in [0.15, 0.2) is 42.7 Å². The third kappa shape index (κ3) is 5.85. The van der Waals surface area contributed by atoms with Crippen molar-refractivity contribution in [1.29, 1.82) is 0 Å². The number of amides is 1. The topological polar surface area (TPSA) is 71.4 Å². The molecular formula is C19H29Cl2N5O2.